The average Bonchev–Trinajstić information content (AvgIpc) is 3.20. The Balaban J connectivity index is 1.70. The Labute approximate surface area is 118 Å². The molecule has 0 amide bonds. The fourth-order valence-electron chi connectivity index (χ4n) is 2.71. The van der Waals surface area contributed by atoms with Crippen LogP contribution < -0.4 is 5.32 Å². The standard InChI is InChI=1S/C17H17N3/c1-2-12(11-20-14-4-5-14)10-13(3-1)15-6-8-18-17-16(15)7-9-19-17/h1-3,6-10,14,20H,4-5,11H2,(H,18,19)/p+1. The third-order valence-corrected chi connectivity index (χ3v) is 4.01. The maximum Gasteiger partial charge on any atom is 0.137 e. The summed E-state index contributed by atoms with van der Waals surface area (Å²) in [5.41, 5.74) is 4.88. The lowest BCUT2D eigenvalue weighted by Crippen LogP contribution is -2.84. The Hall–Kier alpha value is -2.13. The largest absolute Gasteiger partial charge is 0.346 e. The van der Waals surface area contributed by atoms with Crippen molar-refractivity contribution in [3.05, 3.63) is 54.4 Å². The predicted molar refractivity (Wildman–Crippen MR) is 80.2 cm³/mol. The van der Waals surface area contributed by atoms with Gasteiger partial charge in [-0.2, -0.15) is 0 Å². The van der Waals surface area contributed by atoms with Crippen LogP contribution in [0.3, 0.4) is 0 Å². The molecule has 1 aliphatic rings. The highest BCUT2D eigenvalue weighted by molar-refractivity contribution is 5.92. The first-order valence-electron chi connectivity index (χ1n) is 7.25. The second-order valence-corrected chi connectivity index (χ2v) is 5.58. The molecule has 3 aromatic rings. The zero-order valence-electron chi connectivity index (χ0n) is 11.3. The number of nitrogens with zero attached hydrogens (tertiary/aromatic N) is 1. The Morgan fingerprint density at radius 3 is 3.05 bits per heavy atom. The minimum atomic E-state index is 0.871. The number of aromatic nitrogens is 2. The lowest BCUT2D eigenvalue weighted by Gasteiger charge is -2.06. The first-order valence-corrected chi connectivity index (χ1v) is 7.25. The third kappa shape index (κ3) is 2.21. The minimum absolute atomic E-state index is 0.871. The maximum atomic E-state index is 4.36. The molecule has 100 valence electrons. The number of pyridine rings is 1. The van der Waals surface area contributed by atoms with Gasteiger partial charge in [-0.05, 0) is 29.3 Å². The van der Waals surface area contributed by atoms with Crippen molar-refractivity contribution in [1.82, 2.24) is 9.97 Å². The van der Waals surface area contributed by atoms with Gasteiger partial charge in [0.2, 0.25) is 0 Å². The number of nitrogens with one attached hydrogen (secondary N) is 1. The monoisotopic (exact) mass is 264 g/mol. The summed E-state index contributed by atoms with van der Waals surface area (Å²) in [6.45, 7) is 1.08. The predicted octanol–water partition coefficient (Wildman–Crippen LogP) is 2.46. The number of fused-ring (bicyclic) bond motifs is 1. The van der Waals surface area contributed by atoms with Crippen LogP contribution in [0.25, 0.3) is 22.2 Å². The van der Waals surface area contributed by atoms with E-state index in [-0.39, 0.29) is 0 Å². The van der Waals surface area contributed by atoms with Gasteiger partial charge < -0.3 is 10.3 Å². The normalized spacial score (nSPS) is 14.8. The van der Waals surface area contributed by atoms with Crippen molar-refractivity contribution in [3.63, 3.8) is 0 Å². The molecular formula is C17H18N3+. The molecule has 2 aromatic heterocycles. The molecule has 0 radical (unpaired) electrons. The van der Waals surface area contributed by atoms with Crippen LogP contribution in [0.5, 0.6) is 0 Å². The SMILES string of the molecule is c1cc(C[NH2+]C2CC2)cc(-c2ccnc3[nH]ccc23)c1. The highest BCUT2D eigenvalue weighted by Crippen LogP contribution is 2.27. The van der Waals surface area contributed by atoms with E-state index in [0.717, 1.165) is 18.2 Å². The topological polar surface area (TPSA) is 45.3 Å². The zero-order chi connectivity index (χ0) is 13.4. The fraction of sp³-hybridized carbons (Fsp3) is 0.235. The highest BCUT2D eigenvalue weighted by Gasteiger charge is 2.24. The van der Waals surface area contributed by atoms with Crippen LogP contribution in [0, 0.1) is 0 Å². The van der Waals surface area contributed by atoms with Gasteiger partial charge in [0.25, 0.3) is 0 Å². The van der Waals surface area contributed by atoms with E-state index in [1.54, 1.807) is 0 Å². The molecule has 0 unspecified atom stereocenters. The Bertz CT molecular complexity index is 741. The summed E-state index contributed by atoms with van der Waals surface area (Å²) in [7, 11) is 0. The number of H-pyrrole nitrogens is 1. The molecule has 3 heteroatoms. The van der Waals surface area contributed by atoms with Crippen LogP contribution in [0.15, 0.2) is 48.8 Å². The second-order valence-electron chi connectivity index (χ2n) is 5.58. The first-order chi connectivity index (χ1) is 9.90. The van der Waals surface area contributed by atoms with Crippen molar-refractivity contribution in [3.8, 4) is 11.1 Å². The number of rotatable bonds is 4. The number of quaternary nitrogens is 1. The zero-order valence-corrected chi connectivity index (χ0v) is 11.3. The molecule has 0 aliphatic heterocycles. The highest BCUT2D eigenvalue weighted by atomic mass is 14.9. The van der Waals surface area contributed by atoms with Crippen molar-refractivity contribution < 1.29 is 5.32 Å². The van der Waals surface area contributed by atoms with E-state index >= 15 is 0 Å². The van der Waals surface area contributed by atoms with Crippen LogP contribution in [-0.2, 0) is 6.54 Å². The maximum absolute atomic E-state index is 4.36. The molecule has 1 aliphatic carbocycles. The van der Waals surface area contributed by atoms with E-state index in [4.69, 9.17) is 0 Å². The van der Waals surface area contributed by atoms with Crippen LogP contribution in [0.2, 0.25) is 0 Å². The lowest BCUT2D eigenvalue weighted by atomic mass is 10.0. The minimum Gasteiger partial charge on any atom is -0.346 e. The summed E-state index contributed by atoms with van der Waals surface area (Å²) in [5, 5.41) is 3.65. The van der Waals surface area contributed by atoms with Crippen molar-refractivity contribution in [2.45, 2.75) is 25.4 Å². The smallest absolute Gasteiger partial charge is 0.137 e. The van der Waals surface area contributed by atoms with E-state index in [0.29, 0.717) is 0 Å². The van der Waals surface area contributed by atoms with E-state index in [2.05, 4.69) is 51.7 Å². The molecule has 1 saturated carbocycles. The first kappa shape index (κ1) is 11.7. The van der Waals surface area contributed by atoms with Gasteiger partial charge in [-0.3, -0.25) is 0 Å². The average molecular weight is 264 g/mol. The summed E-state index contributed by atoms with van der Waals surface area (Å²) < 4.78 is 0. The Morgan fingerprint density at radius 2 is 2.15 bits per heavy atom. The molecular weight excluding hydrogens is 246 g/mol. The molecule has 0 bridgehead atoms. The molecule has 0 spiro atoms. The number of nitrogens with two attached hydrogens (primary N) is 1. The van der Waals surface area contributed by atoms with E-state index in [9.17, 15) is 0 Å². The summed E-state index contributed by atoms with van der Waals surface area (Å²) in [6.07, 6.45) is 6.59. The Kier molecular flexibility index (Phi) is 2.78. The van der Waals surface area contributed by atoms with Gasteiger partial charge in [-0.15, -0.1) is 0 Å². The number of aromatic amines is 1. The molecule has 1 fully saturated rings. The van der Waals surface area contributed by atoms with Crippen LogP contribution in [-0.4, -0.2) is 16.0 Å². The van der Waals surface area contributed by atoms with Gasteiger partial charge in [0.05, 0.1) is 6.04 Å². The number of hydrogen-bond donors (Lipinski definition) is 2. The van der Waals surface area contributed by atoms with Crippen LogP contribution >= 0.6 is 0 Å². The van der Waals surface area contributed by atoms with Crippen LogP contribution in [0.1, 0.15) is 18.4 Å². The van der Waals surface area contributed by atoms with Gasteiger partial charge in [0.1, 0.15) is 12.2 Å². The van der Waals surface area contributed by atoms with Gasteiger partial charge >= 0.3 is 0 Å². The molecule has 3 N–H and O–H groups in total. The van der Waals surface area contributed by atoms with Gasteiger partial charge in [-0.25, -0.2) is 4.98 Å². The molecule has 4 rings (SSSR count). The van der Waals surface area contributed by atoms with Gasteiger partial charge in [-0.1, -0.05) is 18.2 Å². The van der Waals surface area contributed by atoms with Crippen molar-refractivity contribution in [2.75, 3.05) is 0 Å². The summed E-state index contributed by atoms with van der Waals surface area (Å²) in [5.74, 6) is 0. The van der Waals surface area contributed by atoms with Crippen molar-refractivity contribution in [1.29, 1.82) is 0 Å². The van der Waals surface area contributed by atoms with Gasteiger partial charge in [0, 0.05) is 36.2 Å². The number of benzene rings is 1. The Morgan fingerprint density at radius 1 is 1.20 bits per heavy atom. The molecule has 20 heavy (non-hydrogen) atoms. The third-order valence-electron chi connectivity index (χ3n) is 4.01. The summed E-state index contributed by atoms with van der Waals surface area (Å²) in [4.78, 5) is 7.53. The number of hydrogen-bond acceptors (Lipinski definition) is 1. The molecule has 3 nitrogen and oxygen atoms in total. The van der Waals surface area contributed by atoms with E-state index < -0.39 is 0 Å². The summed E-state index contributed by atoms with van der Waals surface area (Å²) in [6, 6.07) is 13.9. The fourth-order valence-corrected chi connectivity index (χ4v) is 2.71. The summed E-state index contributed by atoms with van der Waals surface area (Å²) >= 11 is 0. The lowest BCUT2D eigenvalue weighted by molar-refractivity contribution is -0.683. The van der Waals surface area contributed by atoms with Crippen molar-refractivity contribution >= 4 is 11.0 Å². The van der Waals surface area contributed by atoms with Crippen LogP contribution in [0.4, 0.5) is 0 Å². The van der Waals surface area contributed by atoms with E-state index in [1.165, 1.54) is 34.9 Å². The van der Waals surface area contributed by atoms with Crippen molar-refractivity contribution in [2.24, 2.45) is 0 Å². The molecule has 0 saturated heterocycles. The van der Waals surface area contributed by atoms with E-state index in [1.807, 2.05) is 12.4 Å². The van der Waals surface area contributed by atoms with Gasteiger partial charge in [0.15, 0.2) is 0 Å². The molecule has 2 heterocycles. The quantitative estimate of drug-likeness (QED) is 0.747. The molecule has 1 aromatic carbocycles. The molecule has 0 atom stereocenters. The second kappa shape index (κ2) is 4.76.